The van der Waals surface area contributed by atoms with E-state index in [9.17, 15) is 24.0 Å². The lowest BCUT2D eigenvalue weighted by molar-refractivity contribution is -0.152. The van der Waals surface area contributed by atoms with Gasteiger partial charge in [-0.15, -0.1) is 0 Å². The maximum Gasteiger partial charge on any atom is 0.328 e. The highest BCUT2D eigenvalue weighted by molar-refractivity contribution is 5.95. The number of para-hydroxylation sites is 1. The number of rotatable bonds is 8. The van der Waals surface area contributed by atoms with Crippen LogP contribution in [0.5, 0.6) is 0 Å². The topological polar surface area (TPSA) is 131 Å². The Balaban J connectivity index is 1.82. The Labute approximate surface area is 166 Å². The maximum absolute atomic E-state index is 12.2. The molecule has 0 saturated heterocycles. The molecule has 1 aromatic heterocycles. The summed E-state index contributed by atoms with van der Waals surface area (Å²) in [5.74, 6) is -1.79. The number of esters is 1. The van der Waals surface area contributed by atoms with E-state index >= 15 is 0 Å². The first-order valence-electron chi connectivity index (χ1n) is 8.87. The first-order chi connectivity index (χ1) is 13.8. The minimum absolute atomic E-state index is 0.214. The second-order valence-corrected chi connectivity index (χ2v) is 6.21. The third-order valence-electron chi connectivity index (χ3n) is 4.03. The Morgan fingerprint density at radius 2 is 1.90 bits per heavy atom. The van der Waals surface area contributed by atoms with Crippen molar-refractivity contribution in [1.29, 1.82) is 0 Å². The summed E-state index contributed by atoms with van der Waals surface area (Å²) >= 11 is 0. The van der Waals surface area contributed by atoms with Gasteiger partial charge in [0, 0.05) is 25.0 Å². The van der Waals surface area contributed by atoms with Gasteiger partial charge in [-0.05, 0) is 18.1 Å². The summed E-state index contributed by atoms with van der Waals surface area (Å²) in [7, 11) is 1.41. The van der Waals surface area contributed by atoms with Gasteiger partial charge in [0.25, 0.3) is 11.5 Å². The van der Waals surface area contributed by atoms with Gasteiger partial charge in [-0.25, -0.2) is 4.79 Å². The normalized spacial score (nSPS) is 10.3. The Morgan fingerprint density at radius 3 is 2.59 bits per heavy atom. The van der Waals surface area contributed by atoms with Crippen LogP contribution in [0.1, 0.15) is 12.5 Å². The smallest absolute Gasteiger partial charge is 0.328 e. The molecule has 0 aliphatic rings. The van der Waals surface area contributed by atoms with Crippen LogP contribution >= 0.6 is 0 Å². The summed E-state index contributed by atoms with van der Waals surface area (Å²) in [6.45, 7) is 0.719. The van der Waals surface area contributed by atoms with Gasteiger partial charge in [-0.1, -0.05) is 25.1 Å². The fraction of sp³-hybridized carbons (Fsp3) is 0.316. The summed E-state index contributed by atoms with van der Waals surface area (Å²) in [5, 5.41) is 2.75. The van der Waals surface area contributed by atoms with E-state index in [2.05, 4.69) is 5.32 Å². The highest BCUT2D eigenvalue weighted by atomic mass is 16.5. The monoisotopic (exact) mass is 402 g/mol. The Morgan fingerprint density at radius 1 is 1.17 bits per heavy atom. The number of anilines is 1. The van der Waals surface area contributed by atoms with Crippen LogP contribution in [0.2, 0.25) is 0 Å². The van der Waals surface area contributed by atoms with E-state index in [1.54, 1.807) is 12.1 Å². The molecule has 0 radical (unpaired) electrons. The van der Waals surface area contributed by atoms with Gasteiger partial charge >= 0.3 is 11.7 Å². The van der Waals surface area contributed by atoms with Crippen molar-refractivity contribution in [2.75, 3.05) is 25.5 Å². The molecule has 0 aliphatic heterocycles. The zero-order chi connectivity index (χ0) is 21.4. The van der Waals surface area contributed by atoms with E-state index in [0.717, 1.165) is 33.7 Å². The number of hydrogen-bond acceptors (Lipinski definition) is 6. The van der Waals surface area contributed by atoms with E-state index in [1.165, 1.54) is 7.05 Å². The van der Waals surface area contributed by atoms with Crippen molar-refractivity contribution in [2.45, 2.75) is 19.9 Å². The largest absolute Gasteiger partial charge is 0.454 e. The number of hydrogen-bond donors (Lipinski definition) is 2. The van der Waals surface area contributed by atoms with Crippen molar-refractivity contribution in [2.24, 2.45) is 0 Å². The summed E-state index contributed by atoms with van der Waals surface area (Å²) in [6.07, 6.45) is 1.90. The van der Waals surface area contributed by atoms with Crippen LogP contribution in [0.15, 0.2) is 46.1 Å². The number of nitrogens with zero attached hydrogens (tertiary/aromatic N) is 2. The van der Waals surface area contributed by atoms with Gasteiger partial charge in [0.05, 0.1) is 6.54 Å². The number of benzene rings is 1. The summed E-state index contributed by atoms with van der Waals surface area (Å²) in [5.41, 5.74) is 0.304. The first kappa shape index (κ1) is 21.6. The molecule has 1 heterocycles. The molecule has 2 rings (SSSR count). The molecule has 2 aromatic rings. The number of aromatic nitrogens is 2. The molecule has 10 heteroatoms. The number of carbonyl (C=O) groups excluding carboxylic acids is 3. The molecule has 29 heavy (non-hydrogen) atoms. The van der Waals surface area contributed by atoms with Crippen molar-refractivity contribution < 1.29 is 19.1 Å². The average Bonchev–Trinajstić information content (AvgIpc) is 2.68. The number of nitrogens with one attached hydrogen (secondary N) is 2. The predicted molar refractivity (Wildman–Crippen MR) is 104 cm³/mol. The van der Waals surface area contributed by atoms with Crippen LogP contribution in [0.25, 0.3) is 0 Å². The molecule has 0 aliphatic carbocycles. The Bertz CT molecular complexity index is 1010. The standard InChI is InChI=1S/C19H22N4O6/c1-3-13-6-4-5-7-14(13)20-16(25)10-22(2)17(26)12-29-18(27)11-23-9-8-15(24)21-19(23)28/h4-9H,3,10-12H2,1-2H3,(H,20,25)(H,21,24,28). The zero-order valence-corrected chi connectivity index (χ0v) is 16.1. The van der Waals surface area contributed by atoms with Gasteiger partial charge in [-0.3, -0.25) is 28.7 Å². The van der Waals surface area contributed by atoms with Crippen LogP contribution in [-0.4, -0.2) is 52.4 Å². The molecule has 2 amide bonds. The predicted octanol–water partition coefficient (Wildman–Crippen LogP) is -0.261. The van der Waals surface area contributed by atoms with Crippen molar-refractivity contribution in [3.63, 3.8) is 0 Å². The molecule has 10 nitrogen and oxygen atoms in total. The van der Waals surface area contributed by atoms with Gasteiger partial charge in [0.15, 0.2) is 6.61 Å². The number of H-pyrrole nitrogens is 1. The maximum atomic E-state index is 12.2. The highest BCUT2D eigenvalue weighted by Crippen LogP contribution is 2.15. The van der Waals surface area contributed by atoms with Crippen molar-refractivity contribution in [3.05, 3.63) is 62.9 Å². The molecule has 0 saturated carbocycles. The fourth-order valence-corrected chi connectivity index (χ4v) is 2.45. The van der Waals surface area contributed by atoms with Gasteiger partial charge < -0.3 is 15.0 Å². The lowest BCUT2D eigenvalue weighted by Crippen LogP contribution is -2.38. The lowest BCUT2D eigenvalue weighted by Gasteiger charge is -2.17. The highest BCUT2D eigenvalue weighted by Gasteiger charge is 2.16. The van der Waals surface area contributed by atoms with Crippen LogP contribution < -0.4 is 16.6 Å². The van der Waals surface area contributed by atoms with Crippen LogP contribution in [0.3, 0.4) is 0 Å². The minimum atomic E-state index is -0.831. The van der Waals surface area contributed by atoms with E-state index in [1.807, 2.05) is 24.0 Å². The summed E-state index contributed by atoms with van der Waals surface area (Å²) < 4.78 is 5.78. The molecule has 0 unspecified atom stereocenters. The second-order valence-electron chi connectivity index (χ2n) is 6.21. The van der Waals surface area contributed by atoms with Crippen molar-refractivity contribution in [1.82, 2.24) is 14.5 Å². The SMILES string of the molecule is CCc1ccccc1NC(=O)CN(C)C(=O)COC(=O)Cn1ccc(=O)[nH]c1=O. The average molecular weight is 402 g/mol. The summed E-state index contributed by atoms with van der Waals surface area (Å²) in [4.78, 5) is 61.7. The number of aromatic amines is 1. The molecule has 0 bridgehead atoms. The molecule has 1 aromatic carbocycles. The van der Waals surface area contributed by atoms with Crippen LogP contribution in [0, 0.1) is 0 Å². The molecule has 2 N–H and O–H groups in total. The van der Waals surface area contributed by atoms with E-state index in [-0.39, 0.29) is 12.5 Å². The number of likely N-dealkylation sites (N-methyl/N-ethyl adjacent to an activating group) is 1. The Hall–Kier alpha value is -3.69. The van der Waals surface area contributed by atoms with Crippen LogP contribution in [0.4, 0.5) is 5.69 Å². The first-order valence-corrected chi connectivity index (χ1v) is 8.87. The molecule has 0 spiro atoms. The van der Waals surface area contributed by atoms with Gasteiger partial charge in [-0.2, -0.15) is 0 Å². The Kier molecular flexibility index (Phi) is 7.47. The minimum Gasteiger partial charge on any atom is -0.454 e. The quantitative estimate of drug-likeness (QED) is 0.585. The third-order valence-corrected chi connectivity index (χ3v) is 4.03. The van der Waals surface area contributed by atoms with Crippen LogP contribution in [-0.2, 0) is 32.1 Å². The molecule has 0 atom stereocenters. The van der Waals surface area contributed by atoms with Gasteiger partial charge in [0.1, 0.15) is 6.54 Å². The number of aryl methyl sites for hydroxylation is 1. The number of ether oxygens (including phenoxy) is 1. The zero-order valence-electron chi connectivity index (χ0n) is 16.1. The fourth-order valence-electron chi connectivity index (χ4n) is 2.45. The molecule has 154 valence electrons. The van der Waals surface area contributed by atoms with E-state index in [0.29, 0.717) is 5.69 Å². The lowest BCUT2D eigenvalue weighted by atomic mass is 10.1. The van der Waals surface area contributed by atoms with E-state index < -0.39 is 36.3 Å². The van der Waals surface area contributed by atoms with Gasteiger partial charge in [0.2, 0.25) is 5.91 Å². The third kappa shape index (κ3) is 6.45. The summed E-state index contributed by atoms with van der Waals surface area (Å²) in [6, 6.07) is 8.44. The number of carbonyl (C=O) groups is 3. The molecule has 0 fully saturated rings. The molecular weight excluding hydrogens is 380 g/mol. The van der Waals surface area contributed by atoms with Crippen molar-refractivity contribution >= 4 is 23.5 Å². The van der Waals surface area contributed by atoms with Crippen molar-refractivity contribution in [3.8, 4) is 0 Å². The van der Waals surface area contributed by atoms with E-state index in [4.69, 9.17) is 4.74 Å². The molecular formula is C19H22N4O6. The number of amides is 2. The second kappa shape index (κ2) is 10.0.